The lowest BCUT2D eigenvalue weighted by molar-refractivity contribution is 0.0848. The Morgan fingerprint density at radius 2 is 1.95 bits per heavy atom. The summed E-state index contributed by atoms with van der Waals surface area (Å²) < 4.78 is 0.808. The molecule has 0 radical (unpaired) electrons. The van der Waals surface area contributed by atoms with E-state index in [1.54, 1.807) is 25.1 Å². The fourth-order valence-corrected chi connectivity index (χ4v) is 2.75. The van der Waals surface area contributed by atoms with E-state index >= 15 is 0 Å². The third-order valence-electron chi connectivity index (χ3n) is 3.29. The first kappa shape index (κ1) is 16.3. The Kier molecular flexibility index (Phi) is 5.24. The Bertz CT molecular complexity index is 648. The molecular formula is C16H15ClINO2. The monoisotopic (exact) mass is 415 g/mol. The van der Waals surface area contributed by atoms with Crippen LogP contribution in [-0.2, 0) is 5.54 Å². The molecule has 0 aliphatic rings. The standard InChI is InChI=1S/C16H15ClINO2/c1-16(10-20,11-5-3-2-4-6-11)19-15(21)13-9-12(17)7-8-14(13)18/h2-9,20H,10H2,1H3,(H,19,21). The predicted octanol–water partition coefficient (Wildman–Crippen LogP) is 3.58. The van der Waals surface area contributed by atoms with Gasteiger partial charge in [0, 0.05) is 8.59 Å². The second-order valence-electron chi connectivity index (χ2n) is 4.93. The van der Waals surface area contributed by atoms with Crippen LogP contribution in [0, 0.1) is 3.57 Å². The lowest BCUT2D eigenvalue weighted by Crippen LogP contribution is -2.46. The number of nitrogens with one attached hydrogen (secondary N) is 1. The van der Waals surface area contributed by atoms with E-state index < -0.39 is 5.54 Å². The Balaban J connectivity index is 2.30. The van der Waals surface area contributed by atoms with Crippen molar-refractivity contribution in [2.75, 3.05) is 6.61 Å². The van der Waals surface area contributed by atoms with Crippen molar-refractivity contribution in [3.63, 3.8) is 0 Å². The maximum Gasteiger partial charge on any atom is 0.253 e. The van der Waals surface area contributed by atoms with Gasteiger partial charge in [0.15, 0.2) is 0 Å². The van der Waals surface area contributed by atoms with E-state index in [0.29, 0.717) is 10.6 Å². The summed E-state index contributed by atoms with van der Waals surface area (Å²) in [4.78, 5) is 12.5. The van der Waals surface area contributed by atoms with Gasteiger partial charge in [-0.05, 0) is 53.3 Å². The molecule has 1 amide bonds. The van der Waals surface area contributed by atoms with Crippen molar-refractivity contribution < 1.29 is 9.90 Å². The van der Waals surface area contributed by atoms with Crippen LogP contribution in [0.15, 0.2) is 48.5 Å². The first-order chi connectivity index (χ1) is 9.96. The van der Waals surface area contributed by atoms with E-state index in [0.717, 1.165) is 9.13 Å². The molecule has 2 aromatic carbocycles. The van der Waals surface area contributed by atoms with E-state index in [-0.39, 0.29) is 12.5 Å². The highest BCUT2D eigenvalue weighted by molar-refractivity contribution is 14.1. The summed E-state index contributed by atoms with van der Waals surface area (Å²) in [6.45, 7) is 1.59. The van der Waals surface area contributed by atoms with E-state index in [9.17, 15) is 9.90 Å². The highest BCUT2D eigenvalue weighted by atomic mass is 127. The molecule has 2 rings (SSSR count). The van der Waals surface area contributed by atoms with Crippen molar-refractivity contribution in [1.82, 2.24) is 5.32 Å². The number of aliphatic hydroxyl groups excluding tert-OH is 1. The van der Waals surface area contributed by atoms with Crippen molar-refractivity contribution in [3.05, 3.63) is 68.3 Å². The smallest absolute Gasteiger partial charge is 0.253 e. The summed E-state index contributed by atoms with van der Waals surface area (Å²) in [6, 6.07) is 14.5. The molecular weight excluding hydrogens is 401 g/mol. The van der Waals surface area contributed by atoms with E-state index in [1.807, 2.05) is 30.3 Å². The van der Waals surface area contributed by atoms with Crippen LogP contribution in [0.4, 0.5) is 0 Å². The lowest BCUT2D eigenvalue weighted by Gasteiger charge is -2.29. The molecule has 1 unspecified atom stereocenters. The second-order valence-corrected chi connectivity index (χ2v) is 6.53. The molecule has 0 saturated carbocycles. The van der Waals surface area contributed by atoms with Crippen LogP contribution in [-0.4, -0.2) is 17.6 Å². The van der Waals surface area contributed by atoms with Gasteiger partial charge in [0.05, 0.1) is 17.7 Å². The fourth-order valence-electron chi connectivity index (χ4n) is 2.00. The predicted molar refractivity (Wildman–Crippen MR) is 92.5 cm³/mol. The van der Waals surface area contributed by atoms with Gasteiger partial charge >= 0.3 is 0 Å². The number of aliphatic hydroxyl groups is 1. The zero-order valence-electron chi connectivity index (χ0n) is 11.4. The minimum absolute atomic E-state index is 0.195. The van der Waals surface area contributed by atoms with E-state index in [4.69, 9.17) is 11.6 Å². The topological polar surface area (TPSA) is 49.3 Å². The maximum atomic E-state index is 12.5. The summed E-state index contributed by atoms with van der Waals surface area (Å²) in [5.74, 6) is -0.262. The van der Waals surface area contributed by atoms with Gasteiger partial charge in [0.2, 0.25) is 0 Å². The van der Waals surface area contributed by atoms with Crippen molar-refractivity contribution in [1.29, 1.82) is 0 Å². The zero-order valence-corrected chi connectivity index (χ0v) is 14.4. The van der Waals surface area contributed by atoms with Crippen LogP contribution in [0.5, 0.6) is 0 Å². The number of amides is 1. The quantitative estimate of drug-likeness (QED) is 0.750. The van der Waals surface area contributed by atoms with Gasteiger partial charge in [-0.25, -0.2) is 0 Å². The van der Waals surface area contributed by atoms with Crippen LogP contribution in [0.25, 0.3) is 0 Å². The van der Waals surface area contributed by atoms with Gasteiger partial charge in [-0.2, -0.15) is 0 Å². The molecule has 0 fully saturated rings. The van der Waals surface area contributed by atoms with Crippen molar-refractivity contribution in [2.24, 2.45) is 0 Å². The van der Waals surface area contributed by atoms with Gasteiger partial charge in [-0.3, -0.25) is 4.79 Å². The molecule has 0 saturated heterocycles. The molecule has 0 spiro atoms. The molecule has 2 aromatic rings. The number of benzene rings is 2. The van der Waals surface area contributed by atoms with Crippen molar-refractivity contribution in [3.8, 4) is 0 Å². The molecule has 0 aliphatic carbocycles. The maximum absolute atomic E-state index is 12.5. The number of hydrogen-bond donors (Lipinski definition) is 2. The number of rotatable bonds is 4. The Morgan fingerprint density at radius 3 is 2.57 bits per heavy atom. The van der Waals surface area contributed by atoms with Gasteiger partial charge in [-0.15, -0.1) is 0 Å². The van der Waals surface area contributed by atoms with Crippen LogP contribution in [0.1, 0.15) is 22.8 Å². The number of hydrogen-bond acceptors (Lipinski definition) is 2. The Morgan fingerprint density at radius 1 is 1.29 bits per heavy atom. The van der Waals surface area contributed by atoms with Gasteiger partial charge < -0.3 is 10.4 Å². The highest BCUT2D eigenvalue weighted by Gasteiger charge is 2.28. The highest BCUT2D eigenvalue weighted by Crippen LogP contribution is 2.23. The molecule has 0 aliphatic heterocycles. The fraction of sp³-hybridized carbons (Fsp3) is 0.188. The summed E-state index contributed by atoms with van der Waals surface area (Å²) in [7, 11) is 0. The largest absolute Gasteiger partial charge is 0.394 e. The summed E-state index contributed by atoms with van der Waals surface area (Å²) in [5.41, 5.74) is 0.501. The summed E-state index contributed by atoms with van der Waals surface area (Å²) >= 11 is 8.04. The van der Waals surface area contributed by atoms with E-state index in [2.05, 4.69) is 27.9 Å². The normalized spacial score (nSPS) is 13.5. The second kappa shape index (κ2) is 6.77. The van der Waals surface area contributed by atoms with Gasteiger partial charge in [0.25, 0.3) is 5.91 Å². The van der Waals surface area contributed by atoms with Crippen LogP contribution < -0.4 is 5.32 Å². The SMILES string of the molecule is CC(CO)(NC(=O)c1cc(Cl)ccc1I)c1ccccc1. The average Bonchev–Trinajstić information content (AvgIpc) is 2.50. The molecule has 0 bridgehead atoms. The summed E-state index contributed by atoms with van der Waals surface area (Å²) in [5, 5.41) is 13.1. The molecule has 0 heterocycles. The number of halogens is 2. The van der Waals surface area contributed by atoms with Gasteiger partial charge in [-0.1, -0.05) is 41.9 Å². The van der Waals surface area contributed by atoms with E-state index in [1.165, 1.54) is 0 Å². The molecule has 1 atom stereocenters. The lowest BCUT2D eigenvalue weighted by atomic mass is 9.92. The van der Waals surface area contributed by atoms with Crippen LogP contribution in [0.2, 0.25) is 5.02 Å². The van der Waals surface area contributed by atoms with Crippen LogP contribution in [0.3, 0.4) is 0 Å². The number of carbonyl (C=O) groups excluding carboxylic acids is 1. The number of carbonyl (C=O) groups is 1. The first-order valence-electron chi connectivity index (χ1n) is 6.40. The Labute approximate surface area is 142 Å². The third kappa shape index (κ3) is 3.75. The van der Waals surface area contributed by atoms with Crippen LogP contribution >= 0.6 is 34.2 Å². The summed E-state index contributed by atoms with van der Waals surface area (Å²) in [6.07, 6.45) is 0. The molecule has 21 heavy (non-hydrogen) atoms. The minimum Gasteiger partial charge on any atom is -0.394 e. The first-order valence-corrected chi connectivity index (χ1v) is 7.86. The molecule has 2 N–H and O–H groups in total. The molecule has 110 valence electrons. The molecule has 5 heteroatoms. The van der Waals surface area contributed by atoms with Gasteiger partial charge in [0.1, 0.15) is 0 Å². The zero-order chi connectivity index (χ0) is 15.5. The average molecular weight is 416 g/mol. The van der Waals surface area contributed by atoms with Crippen molar-refractivity contribution in [2.45, 2.75) is 12.5 Å². The third-order valence-corrected chi connectivity index (χ3v) is 4.47. The minimum atomic E-state index is -0.844. The Hall–Kier alpha value is -1.11. The molecule has 0 aromatic heterocycles. The molecule has 3 nitrogen and oxygen atoms in total. The van der Waals surface area contributed by atoms with Crippen molar-refractivity contribution >= 4 is 40.1 Å².